The second-order valence-corrected chi connectivity index (χ2v) is 8.06. The lowest BCUT2D eigenvalue weighted by Gasteiger charge is -2.28. The second-order valence-electron chi connectivity index (χ2n) is 8.06. The van der Waals surface area contributed by atoms with E-state index in [2.05, 4.69) is 33.6 Å². The smallest absolute Gasteiger partial charge is 0.135 e. The average Bonchev–Trinajstić information content (AvgIpc) is 3.09. The zero-order valence-electron chi connectivity index (χ0n) is 14.7. The Bertz CT molecular complexity index is 538. The molecule has 4 nitrogen and oxygen atoms in total. The fourth-order valence-electron chi connectivity index (χ4n) is 4.99. The first-order chi connectivity index (χ1) is 11.2. The molecule has 4 rings (SSSR count). The standard InChI is InChI=1S/C19H30N4/c1-14-15(2)20-13-21-19(14)23-11-17-9-22(10-18(17)12-23)8-16-6-4-3-5-7-16/h13,16-18H,3-12H2,1-2H3. The van der Waals surface area contributed by atoms with E-state index in [4.69, 9.17) is 0 Å². The molecule has 126 valence electrons. The largest absolute Gasteiger partial charge is 0.356 e. The van der Waals surface area contributed by atoms with Crippen LogP contribution >= 0.6 is 0 Å². The third kappa shape index (κ3) is 3.10. The molecule has 0 spiro atoms. The lowest BCUT2D eigenvalue weighted by Crippen LogP contribution is -2.33. The van der Waals surface area contributed by atoms with Crippen molar-refractivity contribution in [3.8, 4) is 0 Å². The van der Waals surface area contributed by atoms with Crippen LogP contribution in [0.4, 0.5) is 5.82 Å². The number of anilines is 1. The van der Waals surface area contributed by atoms with Gasteiger partial charge in [-0.25, -0.2) is 9.97 Å². The fourth-order valence-corrected chi connectivity index (χ4v) is 4.99. The Morgan fingerprint density at radius 1 is 0.957 bits per heavy atom. The molecular weight excluding hydrogens is 284 g/mol. The highest BCUT2D eigenvalue weighted by Gasteiger charge is 2.41. The van der Waals surface area contributed by atoms with E-state index >= 15 is 0 Å². The van der Waals surface area contributed by atoms with Crippen LogP contribution < -0.4 is 4.90 Å². The van der Waals surface area contributed by atoms with Crippen molar-refractivity contribution in [2.75, 3.05) is 37.6 Å². The van der Waals surface area contributed by atoms with Crippen LogP contribution in [0.15, 0.2) is 6.33 Å². The summed E-state index contributed by atoms with van der Waals surface area (Å²) in [6, 6.07) is 0. The molecule has 1 aromatic heterocycles. The average molecular weight is 314 g/mol. The van der Waals surface area contributed by atoms with Crippen molar-refractivity contribution in [1.82, 2.24) is 14.9 Å². The summed E-state index contributed by atoms with van der Waals surface area (Å²) in [5.41, 5.74) is 2.37. The topological polar surface area (TPSA) is 32.3 Å². The molecule has 2 saturated heterocycles. The fraction of sp³-hybridized carbons (Fsp3) is 0.789. The monoisotopic (exact) mass is 314 g/mol. The molecule has 2 unspecified atom stereocenters. The normalized spacial score (nSPS) is 29.2. The van der Waals surface area contributed by atoms with Crippen LogP contribution in [0.2, 0.25) is 0 Å². The Balaban J connectivity index is 1.35. The summed E-state index contributed by atoms with van der Waals surface area (Å²) in [5, 5.41) is 0. The second kappa shape index (κ2) is 6.39. The summed E-state index contributed by atoms with van der Waals surface area (Å²) in [6.07, 6.45) is 9.06. The van der Waals surface area contributed by atoms with Crippen molar-refractivity contribution in [3.05, 3.63) is 17.6 Å². The van der Waals surface area contributed by atoms with Gasteiger partial charge < -0.3 is 9.80 Å². The number of fused-ring (bicyclic) bond motifs is 1. The lowest BCUT2D eigenvalue weighted by molar-refractivity contribution is 0.224. The van der Waals surface area contributed by atoms with Gasteiger partial charge in [-0.1, -0.05) is 19.3 Å². The molecule has 0 aromatic carbocycles. The molecule has 3 aliphatic rings. The Hall–Kier alpha value is -1.16. The van der Waals surface area contributed by atoms with Crippen molar-refractivity contribution in [2.24, 2.45) is 17.8 Å². The number of aryl methyl sites for hydroxylation is 1. The van der Waals surface area contributed by atoms with E-state index in [-0.39, 0.29) is 0 Å². The van der Waals surface area contributed by atoms with Crippen molar-refractivity contribution in [2.45, 2.75) is 46.0 Å². The molecule has 0 amide bonds. The summed E-state index contributed by atoms with van der Waals surface area (Å²) >= 11 is 0. The quantitative estimate of drug-likeness (QED) is 0.858. The first kappa shape index (κ1) is 15.4. The number of hydrogen-bond acceptors (Lipinski definition) is 4. The summed E-state index contributed by atoms with van der Waals surface area (Å²) in [4.78, 5) is 14.2. The van der Waals surface area contributed by atoms with Crippen LogP contribution in [0, 0.1) is 31.6 Å². The summed E-state index contributed by atoms with van der Waals surface area (Å²) in [6.45, 7) is 10.6. The highest BCUT2D eigenvalue weighted by atomic mass is 15.3. The summed E-state index contributed by atoms with van der Waals surface area (Å²) in [7, 11) is 0. The van der Waals surface area contributed by atoms with E-state index in [0.717, 1.165) is 23.4 Å². The molecule has 0 radical (unpaired) electrons. The summed E-state index contributed by atoms with van der Waals surface area (Å²) in [5.74, 6) is 3.83. The van der Waals surface area contributed by atoms with Crippen LogP contribution in [0.25, 0.3) is 0 Å². The predicted octanol–water partition coefficient (Wildman–Crippen LogP) is 3.04. The van der Waals surface area contributed by atoms with Crippen molar-refractivity contribution in [3.63, 3.8) is 0 Å². The molecule has 1 aliphatic carbocycles. The van der Waals surface area contributed by atoms with Gasteiger partial charge in [0.2, 0.25) is 0 Å². The predicted molar refractivity (Wildman–Crippen MR) is 93.7 cm³/mol. The number of likely N-dealkylation sites (tertiary alicyclic amines) is 1. The lowest BCUT2D eigenvalue weighted by atomic mass is 9.89. The molecule has 2 atom stereocenters. The van der Waals surface area contributed by atoms with E-state index in [1.54, 1.807) is 6.33 Å². The van der Waals surface area contributed by atoms with Crippen LogP contribution in [0.3, 0.4) is 0 Å². The maximum Gasteiger partial charge on any atom is 0.135 e. The van der Waals surface area contributed by atoms with Crippen molar-refractivity contribution in [1.29, 1.82) is 0 Å². The first-order valence-corrected chi connectivity index (χ1v) is 9.46. The molecule has 0 bridgehead atoms. The van der Waals surface area contributed by atoms with Crippen LogP contribution in [0.5, 0.6) is 0 Å². The molecule has 2 aliphatic heterocycles. The first-order valence-electron chi connectivity index (χ1n) is 9.46. The van der Waals surface area contributed by atoms with Crippen molar-refractivity contribution < 1.29 is 0 Å². The van der Waals surface area contributed by atoms with Gasteiger partial charge in [0, 0.05) is 44.0 Å². The Labute approximate surface area is 140 Å². The van der Waals surface area contributed by atoms with Crippen LogP contribution in [-0.2, 0) is 0 Å². The zero-order valence-corrected chi connectivity index (χ0v) is 14.7. The molecule has 1 aromatic rings. The van der Waals surface area contributed by atoms with Gasteiger partial charge in [0.1, 0.15) is 12.1 Å². The van der Waals surface area contributed by atoms with Gasteiger partial charge in [-0.05, 0) is 44.4 Å². The van der Waals surface area contributed by atoms with Gasteiger partial charge in [0.05, 0.1) is 0 Å². The SMILES string of the molecule is Cc1ncnc(N2CC3CN(CC4CCCCC4)CC3C2)c1C. The van der Waals surface area contributed by atoms with Crippen molar-refractivity contribution >= 4 is 5.82 Å². The van der Waals surface area contributed by atoms with Gasteiger partial charge in [-0.15, -0.1) is 0 Å². The van der Waals surface area contributed by atoms with E-state index < -0.39 is 0 Å². The molecular formula is C19H30N4. The maximum absolute atomic E-state index is 4.56. The zero-order chi connectivity index (χ0) is 15.8. The summed E-state index contributed by atoms with van der Waals surface area (Å²) < 4.78 is 0. The molecule has 23 heavy (non-hydrogen) atoms. The van der Waals surface area contributed by atoms with E-state index in [1.165, 1.54) is 76.2 Å². The Morgan fingerprint density at radius 2 is 1.65 bits per heavy atom. The third-order valence-electron chi connectivity index (χ3n) is 6.41. The molecule has 4 heteroatoms. The van der Waals surface area contributed by atoms with Gasteiger partial charge in [0.15, 0.2) is 0 Å². The Kier molecular flexibility index (Phi) is 4.27. The van der Waals surface area contributed by atoms with Gasteiger partial charge >= 0.3 is 0 Å². The van der Waals surface area contributed by atoms with Crippen LogP contribution in [-0.4, -0.2) is 47.6 Å². The minimum atomic E-state index is 0.841. The third-order valence-corrected chi connectivity index (χ3v) is 6.41. The van der Waals surface area contributed by atoms with E-state index in [9.17, 15) is 0 Å². The minimum absolute atomic E-state index is 0.841. The molecule has 3 heterocycles. The Morgan fingerprint density at radius 3 is 2.35 bits per heavy atom. The minimum Gasteiger partial charge on any atom is -0.356 e. The van der Waals surface area contributed by atoms with Crippen LogP contribution in [0.1, 0.15) is 43.4 Å². The highest BCUT2D eigenvalue weighted by molar-refractivity contribution is 5.48. The molecule has 3 fully saturated rings. The molecule has 1 saturated carbocycles. The van der Waals surface area contributed by atoms with Gasteiger partial charge in [-0.3, -0.25) is 0 Å². The van der Waals surface area contributed by atoms with E-state index in [0.29, 0.717) is 0 Å². The highest BCUT2D eigenvalue weighted by Crippen LogP contribution is 2.35. The number of aromatic nitrogens is 2. The molecule has 0 N–H and O–H groups in total. The van der Waals surface area contributed by atoms with Gasteiger partial charge in [0.25, 0.3) is 0 Å². The maximum atomic E-state index is 4.56. The number of hydrogen-bond donors (Lipinski definition) is 0. The number of nitrogens with zero attached hydrogens (tertiary/aromatic N) is 4. The van der Waals surface area contributed by atoms with Gasteiger partial charge in [-0.2, -0.15) is 0 Å². The van der Waals surface area contributed by atoms with E-state index in [1.807, 2.05) is 0 Å². The number of rotatable bonds is 3.